The Morgan fingerprint density at radius 3 is 2.65 bits per heavy atom. The molecule has 1 unspecified atom stereocenters. The number of aliphatic carboxylic acids is 1. The molecule has 0 aliphatic rings. The molecule has 1 atom stereocenters. The molecule has 0 spiro atoms. The second-order valence-corrected chi connectivity index (χ2v) is 5.29. The van der Waals surface area contributed by atoms with Gasteiger partial charge in [0.2, 0.25) is 0 Å². The van der Waals surface area contributed by atoms with E-state index in [0.717, 1.165) is 29.0 Å². The van der Waals surface area contributed by atoms with Gasteiger partial charge in [0.05, 0.1) is 12.8 Å². The first-order valence-corrected chi connectivity index (χ1v) is 6.83. The second kappa shape index (κ2) is 6.70. The number of nitrogens with one attached hydrogen (secondary N) is 1. The second-order valence-electron chi connectivity index (χ2n) is 5.29. The van der Waals surface area contributed by atoms with Crippen molar-refractivity contribution in [2.24, 2.45) is 0 Å². The van der Waals surface area contributed by atoms with E-state index in [4.69, 9.17) is 4.74 Å². The topological polar surface area (TPSA) is 71.5 Å². The van der Waals surface area contributed by atoms with Crippen LogP contribution in [0.1, 0.15) is 43.5 Å². The van der Waals surface area contributed by atoms with Gasteiger partial charge in [-0.1, -0.05) is 13.3 Å². The Bertz CT molecular complexity index is 488. The molecule has 0 radical (unpaired) electrons. The van der Waals surface area contributed by atoms with Gasteiger partial charge in [0, 0.05) is 23.9 Å². The molecule has 0 saturated heterocycles. The summed E-state index contributed by atoms with van der Waals surface area (Å²) in [5, 5.41) is 12.5. The molecule has 0 aliphatic heterocycles. The standard InChI is InChI=1S/C15H24N2O3/c1-6-7-15(4,14(18)19)17-9-12-11(3)13(20-5)10(2)8-16-12/h8,17H,6-7,9H2,1-5H3,(H,18,19). The van der Waals surface area contributed by atoms with Crippen LogP contribution in [0.15, 0.2) is 6.20 Å². The van der Waals surface area contributed by atoms with Crippen LogP contribution in [0.5, 0.6) is 5.75 Å². The summed E-state index contributed by atoms with van der Waals surface area (Å²) in [6, 6.07) is 0. The highest BCUT2D eigenvalue weighted by Gasteiger charge is 2.31. The summed E-state index contributed by atoms with van der Waals surface area (Å²) in [6.45, 7) is 7.97. The highest BCUT2D eigenvalue weighted by Crippen LogP contribution is 2.24. The first-order valence-electron chi connectivity index (χ1n) is 6.83. The molecule has 0 saturated carbocycles. The number of aryl methyl sites for hydroxylation is 1. The van der Waals surface area contributed by atoms with E-state index in [2.05, 4.69) is 10.3 Å². The van der Waals surface area contributed by atoms with E-state index in [1.165, 1.54) is 0 Å². The van der Waals surface area contributed by atoms with Crippen molar-refractivity contribution in [3.05, 3.63) is 23.0 Å². The van der Waals surface area contributed by atoms with Gasteiger partial charge in [-0.3, -0.25) is 15.1 Å². The normalized spacial score (nSPS) is 13.8. The van der Waals surface area contributed by atoms with Gasteiger partial charge in [-0.2, -0.15) is 0 Å². The monoisotopic (exact) mass is 280 g/mol. The van der Waals surface area contributed by atoms with Crippen molar-refractivity contribution in [3.63, 3.8) is 0 Å². The first kappa shape index (κ1) is 16.4. The molecule has 1 rings (SSSR count). The maximum atomic E-state index is 11.4. The van der Waals surface area contributed by atoms with Gasteiger partial charge in [-0.25, -0.2) is 0 Å². The molecule has 5 nitrogen and oxygen atoms in total. The Morgan fingerprint density at radius 1 is 1.50 bits per heavy atom. The summed E-state index contributed by atoms with van der Waals surface area (Å²) >= 11 is 0. The Labute approximate surface area is 120 Å². The summed E-state index contributed by atoms with van der Waals surface area (Å²) in [5.74, 6) is -0.0274. The minimum Gasteiger partial charge on any atom is -0.496 e. The predicted molar refractivity (Wildman–Crippen MR) is 78.1 cm³/mol. The van der Waals surface area contributed by atoms with E-state index in [0.29, 0.717) is 13.0 Å². The number of methoxy groups -OCH3 is 1. The molecule has 0 aromatic carbocycles. The van der Waals surface area contributed by atoms with E-state index in [-0.39, 0.29) is 0 Å². The van der Waals surface area contributed by atoms with Crippen LogP contribution in [0.3, 0.4) is 0 Å². The zero-order valence-corrected chi connectivity index (χ0v) is 12.9. The number of pyridine rings is 1. The summed E-state index contributed by atoms with van der Waals surface area (Å²) < 4.78 is 5.36. The molecule has 1 aromatic rings. The van der Waals surface area contributed by atoms with Crippen LogP contribution >= 0.6 is 0 Å². The molecule has 20 heavy (non-hydrogen) atoms. The van der Waals surface area contributed by atoms with E-state index >= 15 is 0 Å². The molecular weight excluding hydrogens is 256 g/mol. The van der Waals surface area contributed by atoms with Crippen LogP contribution in [0, 0.1) is 13.8 Å². The van der Waals surface area contributed by atoms with Crippen molar-refractivity contribution in [2.75, 3.05) is 7.11 Å². The molecule has 5 heteroatoms. The number of ether oxygens (including phenoxy) is 1. The highest BCUT2D eigenvalue weighted by atomic mass is 16.5. The Balaban J connectivity index is 2.92. The van der Waals surface area contributed by atoms with Gasteiger partial charge in [-0.15, -0.1) is 0 Å². The number of carboxylic acids is 1. The lowest BCUT2D eigenvalue weighted by Crippen LogP contribution is -2.49. The summed E-state index contributed by atoms with van der Waals surface area (Å²) in [7, 11) is 1.63. The van der Waals surface area contributed by atoms with E-state index in [9.17, 15) is 9.90 Å². The molecular formula is C15H24N2O3. The number of nitrogens with zero attached hydrogens (tertiary/aromatic N) is 1. The minimum atomic E-state index is -0.930. The summed E-state index contributed by atoms with van der Waals surface area (Å²) in [6.07, 6.45) is 3.13. The third-order valence-corrected chi connectivity index (χ3v) is 3.62. The lowest BCUT2D eigenvalue weighted by Gasteiger charge is -2.26. The fourth-order valence-electron chi connectivity index (χ4n) is 2.30. The third-order valence-electron chi connectivity index (χ3n) is 3.62. The molecule has 0 aliphatic carbocycles. The number of hydrogen-bond donors (Lipinski definition) is 2. The number of hydrogen-bond acceptors (Lipinski definition) is 4. The molecule has 1 aromatic heterocycles. The van der Waals surface area contributed by atoms with Crippen molar-refractivity contribution >= 4 is 5.97 Å². The van der Waals surface area contributed by atoms with Crippen molar-refractivity contribution in [3.8, 4) is 5.75 Å². The van der Waals surface area contributed by atoms with Gasteiger partial charge in [0.15, 0.2) is 0 Å². The van der Waals surface area contributed by atoms with E-state index in [1.807, 2.05) is 20.8 Å². The number of carbonyl (C=O) groups is 1. The smallest absolute Gasteiger partial charge is 0.323 e. The number of carboxylic acid groups (broad SMARTS) is 1. The van der Waals surface area contributed by atoms with Crippen molar-refractivity contribution in [1.29, 1.82) is 0 Å². The van der Waals surface area contributed by atoms with Crippen LogP contribution in [-0.2, 0) is 11.3 Å². The van der Waals surface area contributed by atoms with Crippen LogP contribution in [0.4, 0.5) is 0 Å². The molecule has 2 N–H and O–H groups in total. The lowest BCUT2D eigenvalue weighted by atomic mass is 9.96. The number of aromatic nitrogens is 1. The number of rotatable bonds is 7. The lowest BCUT2D eigenvalue weighted by molar-refractivity contribution is -0.144. The third kappa shape index (κ3) is 3.48. The zero-order chi connectivity index (χ0) is 15.3. The largest absolute Gasteiger partial charge is 0.496 e. The van der Waals surface area contributed by atoms with Gasteiger partial charge >= 0.3 is 5.97 Å². The Hall–Kier alpha value is -1.62. The van der Waals surface area contributed by atoms with E-state index in [1.54, 1.807) is 20.2 Å². The quantitative estimate of drug-likeness (QED) is 0.802. The van der Waals surface area contributed by atoms with Crippen LogP contribution in [0.2, 0.25) is 0 Å². The van der Waals surface area contributed by atoms with Crippen molar-refractivity contribution < 1.29 is 14.6 Å². The van der Waals surface area contributed by atoms with Crippen LogP contribution in [0.25, 0.3) is 0 Å². The average Bonchev–Trinajstić information content (AvgIpc) is 2.38. The molecule has 112 valence electrons. The predicted octanol–water partition coefficient (Wildman–Crippen LogP) is 2.44. The molecule has 0 fully saturated rings. The average molecular weight is 280 g/mol. The fraction of sp³-hybridized carbons (Fsp3) is 0.600. The SMILES string of the molecule is CCCC(C)(NCc1ncc(C)c(OC)c1C)C(=O)O. The molecule has 1 heterocycles. The Kier molecular flexibility index (Phi) is 5.51. The van der Waals surface area contributed by atoms with E-state index < -0.39 is 11.5 Å². The van der Waals surface area contributed by atoms with Gasteiger partial charge in [0.25, 0.3) is 0 Å². The van der Waals surface area contributed by atoms with Gasteiger partial charge < -0.3 is 9.84 Å². The first-order chi connectivity index (χ1) is 9.35. The highest BCUT2D eigenvalue weighted by molar-refractivity contribution is 5.78. The van der Waals surface area contributed by atoms with Crippen molar-refractivity contribution in [1.82, 2.24) is 10.3 Å². The maximum Gasteiger partial charge on any atom is 0.323 e. The van der Waals surface area contributed by atoms with Gasteiger partial charge in [0.1, 0.15) is 11.3 Å². The van der Waals surface area contributed by atoms with Crippen molar-refractivity contribution in [2.45, 2.75) is 52.6 Å². The summed E-state index contributed by atoms with van der Waals surface area (Å²) in [5.41, 5.74) is 1.81. The molecule has 0 bridgehead atoms. The van der Waals surface area contributed by atoms with Crippen LogP contribution < -0.4 is 10.1 Å². The summed E-state index contributed by atoms with van der Waals surface area (Å²) in [4.78, 5) is 15.8. The Morgan fingerprint density at radius 2 is 2.15 bits per heavy atom. The maximum absolute atomic E-state index is 11.4. The van der Waals surface area contributed by atoms with Gasteiger partial charge in [-0.05, 0) is 27.2 Å². The zero-order valence-electron chi connectivity index (χ0n) is 12.9. The van der Waals surface area contributed by atoms with Crippen LogP contribution in [-0.4, -0.2) is 28.7 Å². The molecule has 0 amide bonds. The minimum absolute atomic E-state index is 0.408. The fourth-order valence-corrected chi connectivity index (χ4v) is 2.30.